The maximum absolute atomic E-state index is 3.73. The molecule has 1 saturated heterocycles. The number of likely N-dealkylation sites (tertiary alicyclic amines) is 1. The lowest BCUT2D eigenvalue weighted by Gasteiger charge is -2.29. The van der Waals surface area contributed by atoms with Gasteiger partial charge >= 0.3 is 0 Å². The van der Waals surface area contributed by atoms with Gasteiger partial charge in [0.05, 0.1) is 0 Å². The Bertz CT molecular complexity index is 181. The summed E-state index contributed by atoms with van der Waals surface area (Å²) >= 11 is 0. The Balaban J connectivity index is 1.57. The maximum atomic E-state index is 3.73. The maximum Gasteiger partial charge on any atom is 0.0166 e. The third kappa shape index (κ3) is 4.06. The van der Waals surface area contributed by atoms with Crippen molar-refractivity contribution in [2.24, 2.45) is 5.92 Å². The van der Waals surface area contributed by atoms with E-state index in [4.69, 9.17) is 0 Å². The van der Waals surface area contributed by atoms with Crippen molar-refractivity contribution in [2.45, 2.75) is 57.9 Å². The first-order valence-electron chi connectivity index (χ1n) is 7.30. The van der Waals surface area contributed by atoms with Crippen LogP contribution in [0, 0.1) is 5.92 Å². The van der Waals surface area contributed by atoms with Crippen LogP contribution >= 0.6 is 0 Å². The SMILES string of the molecule is CC(CN1CCCCC1)NCC1CCCC1. The third-order valence-corrected chi connectivity index (χ3v) is 4.21. The quantitative estimate of drug-likeness (QED) is 0.772. The first kappa shape index (κ1) is 12.4. The molecule has 0 amide bonds. The van der Waals surface area contributed by atoms with Crippen molar-refractivity contribution < 1.29 is 0 Å². The molecule has 1 unspecified atom stereocenters. The lowest BCUT2D eigenvalue weighted by Crippen LogP contribution is -2.42. The predicted octanol–water partition coefficient (Wildman–Crippen LogP) is 2.64. The van der Waals surface area contributed by atoms with Crippen molar-refractivity contribution in [1.82, 2.24) is 10.2 Å². The summed E-state index contributed by atoms with van der Waals surface area (Å²) in [4.78, 5) is 2.63. The molecule has 0 bridgehead atoms. The van der Waals surface area contributed by atoms with E-state index in [-0.39, 0.29) is 0 Å². The molecule has 0 aromatic heterocycles. The zero-order valence-corrected chi connectivity index (χ0v) is 10.9. The summed E-state index contributed by atoms with van der Waals surface area (Å²) in [5.74, 6) is 0.976. The molecule has 1 heterocycles. The van der Waals surface area contributed by atoms with Crippen molar-refractivity contribution in [3.63, 3.8) is 0 Å². The second-order valence-electron chi connectivity index (χ2n) is 5.82. The number of nitrogens with zero attached hydrogens (tertiary/aromatic N) is 1. The number of rotatable bonds is 5. The van der Waals surface area contributed by atoms with Gasteiger partial charge in [0.2, 0.25) is 0 Å². The minimum absolute atomic E-state index is 0.679. The van der Waals surface area contributed by atoms with Crippen LogP contribution < -0.4 is 5.32 Å². The van der Waals surface area contributed by atoms with E-state index in [1.165, 1.54) is 71.1 Å². The molecule has 2 fully saturated rings. The molecule has 16 heavy (non-hydrogen) atoms. The van der Waals surface area contributed by atoms with Gasteiger partial charge in [-0.3, -0.25) is 0 Å². The number of hydrogen-bond donors (Lipinski definition) is 1. The van der Waals surface area contributed by atoms with Gasteiger partial charge in [-0.1, -0.05) is 19.3 Å². The Hall–Kier alpha value is -0.0800. The monoisotopic (exact) mass is 224 g/mol. The summed E-state index contributed by atoms with van der Waals surface area (Å²) in [7, 11) is 0. The Morgan fingerprint density at radius 2 is 1.75 bits per heavy atom. The lowest BCUT2D eigenvalue weighted by atomic mass is 10.1. The van der Waals surface area contributed by atoms with E-state index < -0.39 is 0 Å². The van der Waals surface area contributed by atoms with Gasteiger partial charge in [-0.2, -0.15) is 0 Å². The average molecular weight is 224 g/mol. The van der Waals surface area contributed by atoms with Crippen LogP contribution in [0.5, 0.6) is 0 Å². The highest BCUT2D eigenvalue weighted by atomic mass is 15.1. The van der Waals surface area contributed by atoms with Crippen LogP contribution in [0.2, 0.25) is 0 Å². The Morgan fingerprint density at radius 1 is 1.06 bits per heavy atom. The van der Waals surface area contributed by atoms with E-state index in [2.05, 4.69) is 17.1 Å². The van der Waals surface area contributed by atoms with E-state index in [1.807, 2.05) is 0 Å². The summed E-state index contributed by atoms with van der Waals surface area (Å²) in [6.07, 6.45) is 10.1. The molecule has 0 spiro atoms. The van der Waals surface area contributed by atoms with E-state index in [9.17, 15) is 0 Å². The normalized spacial score (nSPS) is 26.1. The van der Waals surface area contributed by atoms with E-state index in [0.717, 1.165) is 5.92 Å². The summed E-state index contributed by atoms with van der Waals surface area (Å²) in [6, 6.07) is 0.679. The largest absolute Gasteiger partial charge is 0.313 e. The molecule has 94 valence electrons. The minimum atomic E-state index is 0.679. The van der Waals surface area contributed by atoms with E-state index >= 15 is 0 Å². The zero-order chi connectivity index (χ0) is 11.2. The van der Waals surface area contributed by atoms with Crippen molar-refractivity contribution in [2.75, 3.05) is 26.2 Å². The molecule has 1 aliphatic heterocycles. The van der Waals surface area contributed by atoms with Gasteiger partial charge in [0.25, 0.3) is 0 Å². The van der Waals surface area contributed by atoms with Crippen LogP contribution in [0.25, 0.3) is 0 Å². The van der Waals surface area contributed by atoms with Crippen LogP contribution in [0.3, 0.4) is 0 Å². The van der Waals surface area contributed by atoms with Crippen LogP contribution in [0.15, 0.2) is 0 Å². The topological polar surface area (TPSA) is 15.3 Å². The first-order chi connectivity index (χ1) is 7.84. The predicted molar refractivity (Wildman–Crippen MR) is 69.7 cm³/mol. The molecule has 1 saturated carbocycles. The molecule has 0 radical (unpaired) electrons. The summed E-state index contributed by atoms with van der Waals surface area (Å²) in [5.41, 5.74) is 0. The average Bonchev–Trinajstić information content (AvgIpc) is 2.81. The number of piperidine rings is 1. The Labute approximate surface area is 101 Å². The molecule has 2 heteroatoms. The molecule has 2 rings (SSSR count). The fraction of sp³-hybridized carbons (Fsp3) is 1.00. The van der Waals surface area contributed by atoms with Crippen molar-refractivity contribution in [3.05, 3.63) is 0 Å². The van der Waals surface area contributed by atoms with Gasteiger partial charge in [-0.15, -0.1) is 0 Å². The number of nitrogens with one attached hydrogen (secondary N) is 1. The van der Waals surface area contributed by atoms with Crippen molar-refractivity contribution >= 4 is 0 Å². The van der Waals surface area contributed by atoms with Gasteiger partial charge in [0, 0.05) is 12.6 Å². The minimum Gasteiger partial charge on any atom is -0.313 e. The van der Waals surface area contributed by atoms with Gasteiger partial charge < -0.3 is 10.2 Å². The fourth-order valence-corrected chi connectivity index (χ4v) is 3.18. The second-order valence-corrected chi connectivity index (χ2v) is 5.82. The summed E-state index contributed by atoms with van der Waals surface area (Å²) in [6.45, 7) is 7.52. The smallest absolute Gasteiger partial charge is 0.0166 e. The van der Waals surface area contributed by atoms with E-state index in [1.54, 1.807) is 0 Å². The van der Waals surface area contributed by atoms with Crippen LogP contribution in [0.1, 0.15) is 51.9 Å². The number of hydrogen-bond acceptors (Lipinski definition) is 2. The van der Waals surface area contributed by atoms with Gasteiger partial charge in [-0.05, 0) is 58.2 Å². The van der Waals surface area contributed by atoms with Crippen molar-refractivity contribution in [1.29, 1.82) is 0 Å². The first-order valence-corrected chi connectivity index (χ1v) is 7.30. The molecular formula is C14H28N2. The molecule has 2 nitrogen and oxygen atoms in total. The molecular weight excluding hydrogens is 196 g/mol. The second kappa shape index (κ2) is 6.61. The highest BCUT2D eigenvalue weighted by molar-refractivity contribution is 4.75. The molecule has 0 aromatic carbocycles. The summed E-state index contributed by atoms with van der Waals surface area (Å²) < 4.78 is 0. The lowest BCUT2D eigenvalue weighted by molar-refractivity contribution is 0.207. The van der Waals surface area contributed by atoms with Crippen LogP contribution in [0.4, 0.5) is 0 Å². The zero-order valence-electron chi connectivity index (χ0n) is 10.9. The van der Waals surface area contributed by atoms with Gasteiger partial charge in [0.1, 0.15) is 0 Å². The fourth-order valence-electron chi connectivity index (χ4n) is 3.18. The summed E-state index contributed by atoms with van der Waals surface area (Å²) in [5, 5.41) is 3.73. The Kier molecular flexibility index (Phi) is 5.11. The Morgan fingerprint density at radius 3 is 2.44 bits per heavy atom. The highest BCUT2D eigenvalue weighted by Crippen LogP contribution is 2.23. The van der Waals surface area contributed by atoms with Crippen LogP contribution in [-0.4, -0.2) is 37.1 Å². The molecule has 1 atom stereocenters. The van der Waals surface area contributed by atoms with Crippen molar-refractivity contribution in [3.8, 4) is 0 Å². The molecule has 1 N–H and O–H groups in total. The van der Waals surface area contributed by atoms with Crippen LogP contribution in [-0.2, 0) is 0 Å². The standard InChI is InChI=1S/C14H28N2/c1-13(12-16-9-5-2-6-10-16)15-11-14-7-3-4-8-14/h13-15H,2-12H2,1H3. The molecule has 0 aromatic rings. The van der Waals surface area contributed by atoms with E-state index in [0.29, 0.717) is 6.04 Å². The highest BCUT2D eigenvalue weighted by Gasteiger charge is 2.17. The molecule has 1 aliphatic carbocycles. The molecule has 2 aliphatic rings. The third-order valence-electron chi connectivity index (χ3n) is 4.21. The van der Waals surface area contributed by atoms with Gasteiger partial charge in [-0.25, -0.2) is 0 Å². The van der Waals surface area contributed by atoms with Gasteiger partial charge in [0.15, 0.2) is 0 Å².